The van der Waals surface area contributed by atoms with Crippen LogP contribution in [0.3, 0.4) is 0 Å². The molecule has 0 aromatic heterocycles. The van der Waals surface area contributed by atoms with E-state index >= 15 is 0 Å². The molecule has 2 fully saturated rings. The van der Waals surface area contributed by atoms with Gasteiger partial charge in [0.1, 0.15) is 13.2 Å². The van der Waals surface area contributed by atoms with Crippen LogP contribution in [0.5, 0.6) is 0 Å². The minimum Gasteiger partial charge on any atom is -0.362 e. The van der Waals surface area contributed by atoms with Gasteiger partial charge in [0.25, 0.3) is 0 Å². The third-order valence-electron chi connectivity index (χ3n) is 4.05. The second-order valence-electron chi connectivity index (χ2n) is 5.53. The highest BCUT2D eigenvalue weighted by Crippen LogP contribution is 2.25. The smallest absolute Gasteiger partial charge is 0.362 e. The maximum atomic E-state index is 11.9. The van der Waals surface area contributed by atoms with E-state index < -0.39 is 19.4 Å². The molecule has 2 heterocycles. The molecular weight excluding hydrogens is 309 g/mol. The molecule has 0 bridgehead atoms. The van der Waals surface area contributed by atoms with Crippen LogP contribution in [0.25, 0.3) is 0 Å². The zero-order chi connectivity index (χ0) is 14.6. The first-order valence-corrected chi connectivity index (χ1v) is 7.11. The Balaban J connectivity index is 0.00000220. The first-order valence-electron chi connectivity index (χ1n) is 7.11. The van der Waals surface area contributed by atoms with Gasteiger partial charge in [0.15, 0.2) is 0 Å². The summed E-state index contributed by atoms with van der Waals surface area (Å²) in [5, 5.41) is 3.47. The summed E-state index contributed by atoms with van der Waals surface area (Å²) in [6.07, 6.45) is -0.144. The van der Waals surface area contributed by atoms with Gasteiger partial charge in [-0.2, -0.15) is 13.2 Å². The van der Waals surface area contributed by atoms with Crippen LogP contribution >= 0.6 is 12.4 Å². The fourth-order valence-corrected chi connectivity index (χ4v) is 3.01. The average molecular weight is 331 g/mol. The summed E-state index contributed by atoms with van der Waals surface area (Å²) in [7, 11) is 0. The third kappa shape index (κ3) is 6.00. The highest BCUT2D eigenvalue weighted by molar-refractivity contribution is 5.85. The Hall–Kier alpha value is -0.530. The van der Waals surface area contributed by atoms with E-state index in [-0.39, 0.29) is 18.3 Å². The van der Waals surface area contributed by atoms with Crippen LogP contribution in [0.15, 0.2) is 0 Å². The maximum absolute atomic E-state index is 11.9. The first-order chi connectivity index (χ1) is 9.46. The van der Waals surface area contributed by atoms with Gasteiger partial charge in [0.2, 0.25) is 5.91 Å². The summed E-state index contributed by atoms with van der Waals surface area (Å²) in [6.45, 7) is 0.469. The van der Waals surface area contributed by atoms with Crippen molar-refractivity contribution >= 4 is 18.3 Å². The fraction of sp³-hybridized carbons (Fsp3) is 0.923. The molecule has 1 amide bonds. The van der Waals surface area contributed by atoms with Crippen molar-refractivity contribution in [3.63, 3.8) is 0 Å². The molecule has 0 aromatic carbocycles. The highest BCUT2D eigenvalue weighted by atomic mass is 35.5. The lowest BCUT2D eigenvalue weighted by Gasteiger charge is -2.34. The number of ether oxygens (including phenoxy) is 1. The summed E-state index contributed by atoms with van der Waals surface area (Å²) < 4.78 is 40.2. The van der Waals surface area contributed by atoms with Crippen molar-refractivity contribution in [2.75, 3.05) is 32.8 Å². The first kappa shape index (κ1) is 18.5. The van der Waals surface area contributed by atoms with Gasteiger partial charge in [-0.15, -0.1) is 12.4 Å². The minimum absolute atomic E-state index is 0. The Labute approximate surface area is 128 Å². The van der Waals surface area contributed by atoms with Gasteiger partial charge >= 0.3 is 6.18 Å². The second kappa shape index (κ2) is 8.19. The number of amides is 1. The molecule has 2 aliphatic rings. The number of likely N-dealkylation sites (tertiary alicyclic amines) is 1. The predicted octanol–water partition coefficient (Wildman–Crippen LogP) is 1.98. The lowest BCUT2D eigenvalue weighted by Crippen LogP contribution is -2.44. The van der Waals surface area contributed by atoms with Crippen LogP contribution in [-0.4, -0.2) is 55.9 Å². The van der Waals surface area contributed by atoms with E-state index in [2.05, 4.69) is 10.1 Å². The van der Waals surface area contributed by atoms with Gasteiger partial charge in [-0.05, 0) is 38.1 Å². The number of halogens is 4. The SMILES string of the molecule is Cl.O=C(COCC(F)(F)F)N1CCC(C2CCCN2)CC1. The number of carbonyl (C=O) groups is 1. The highest BCUT2D eigenvalue weighted by Gasteiger charge is 2.31. The summed E-state index contributed by atoms with van der Waals surface area (Å²) in [4.78, 5) is 13.3. The second-order valence-corrected chi connectivity index (χ2v) is 5.53. The summed E-state index contributed by atoms with van der Waals surface area (Å²) in [6, 6.07) is 0.550. The quantitative estimate of drug-likeness (QED) is 0.857. The molecular formula is C13H22ClF3N2O2. The summed E-state index contributed by atoms with van der Waals surface area (Å²) >= 11 is 0. The van der Waals surface area contributed by atoms with Crippen LogP contribution in [0.1, 0.15) is 25.7 Å². The van der Waals surface area contributed by atoms with Crippen LogP contribution in [0.4, 0.5) is 13.2 Å². The van der Waals surface area contributed by atoms with Crippen molar-refractivity contribution in [1.82, 2.24) is 10.2 Å². The normalized spacial score (nSPS) is 24.0. The largest absolute Gasteiger partial charge is 0.411 e. The maximum Gasteiger partial charge on any atom is 0.411 e. The van der Waals surface area contributed by atoms with Gasteiger partial charge in [0.05, 0.1) is 0 Å². The van der Waals surface area contributed by atoms with E-state index in [1.165, 1.54) is 12.8 Å². The Morgan fingerprint density at radius 3 is 2.43 bits per heavy atom. The Morgan fingerprint density at radius 2 is 1.90 bits per heavy atom. The zero-order valence-electron chi connectivity index (χ0n) is 11.8. The topological polar surface area (TPSA) is 41.6 Å². The van der Waals surface area contributed by atoms with Gasteiger partial charge in [-0.1, -0.05) is 0 Å². The zero-order valence-corrected chi connectivity index (χ0v) is 12.6. The summed E-state index contributed by atoms with van der Waals surface area (Å²) in [5.74, 6) is 0.240. The lowest BCUT2D eigenvalue weighted by molar-refractivity contribution is -0.178. The van der Waals surface area contributed by atoms with Gasteiger partial charge in [-0.3, -0.25) is 4.79 Å². The minimum atomic E-state index is -4.37. The number of carbonyl (C=O) groups excluding carboxylic acids is 1. The molecule has 8 heteroatoms. The van der Waals surface area contributed by atoms with Crippen LogP contribution in [0.2, 0.25) is 0 Å². The molecule has 1 atom stereocenters. The molecule has 21 heavy (non-hydrogen) atoms. The van der Waals surface area contributed by atoms with Crippen LogP contribution in [-0.2, 0) is 9.53 Å². The fourth-order valence-electron chi connectivity index (χ4n) is 3.01. The number of rotatable bonds is 4. The van der Waals surface area contributed by atoms with Crippen molar-refractivity contribution in [3.05, 3.63) is 0 Å². The molecule has 2 saturated heterocycles. The van der Waals surface area contributed by atoms with E-state index in [0.29, 0.717) is 25.0 Å². The molecule has 0 radical (unpaired) electrons. The van der Waals surface area contributed by atoms with Gasteiger partial charge in [0, 0.05) is 19.1 Å². The van der Waals surface area contributed by atoms with Crippen molar-refractivity contribution in [1.29, 1.82) is 0 Å². The molecule has 2 rings (SSSR count). The number of nitrogens with zero attached hydrogens (tertiary/aromatic N) is 1. The standard InChI is InChI=1S/C13H21F3N2O2.ClH/c14-13(15,16)9-20-8-12(19)18-6-3-10(4-7-18)11-2-1-5-17-11;/h10-11,17H,1-9H2;1H. The van der Waals surface area contributed by atoms with E-state index in [9.17, 15) is 18.0 Å². The number of nitrogens with one attached hydrogen (secondary N) is 1. The van der Waals surface area contributed by atoms with E-state index in [4.69, 9.17) is 0 Å². The lowest BCUT2D eigenvalue weighted by atomic mass is 9.88. The molecule has 0 aliphatic carbocycles. The molecule has 4 nitrogen and oxygen atoms in total. The van der Waals surface area contributed by atoms with E-state index in [1.807, 2.05) is 0 Å². The molecule has 1 unspecified atom stereocenters. The van der Waals surface area contributed by atoms with E-state index in [0.717, 1.165) is 19.4 Å². The van der Waals surface area contributed by atoms with E-state index in [1.54, 1.807) is 4.90 Å². The molecule has 2 aliphatic heterocycles. The number of piperidine rings is 1. The van der Waals surface area contributed by atoms with Crippen molar-refractivity contribution in [2.45, 2.75) is 37.9 Å². The number of hydrogen-bond acceptors (Lipinski definition) is 3. The molecule has 1 N–H and O–H groups in total. The predicted molar refractivity (Wildman–Crippen MR) is 74.5 cm³/mol. The number of alkyl halides is 3. The average Bonchev–Trinajstić information content (AvgIpc) is 2.91. The Kier molecular flexibility index (Phi) is 7.23. The molecule has 0 saturated carbocycles. The Bertz CT molecular complexity index is 328. The van der Waals surface area contributed by atoms with Crippen molar-refractivity contribution < 1.29 is 22.7 Å². The van der Waals surface area contributed by atoms with Gasteiger partial charge in [-0.25, -0.2) is 0 Å². The third-order valence-corrected chi connectivity index (χ3v) is 4.05. The Morgan fingerprint density at radius 1 is 1.24 bits per heavy atom. The molecule has 124 valence electrons. The monoisotopic (exact) mass is 330 g/mol. The van der Waals surface area contributed by atoms with Crippen molar-refractivity contribution in [2.24, 2.45) is 5.92 Å². The van der Waals surface area contributed by atoms with Gasteiger partial charge < -0.3 is 15.0 Å². The van der Waals surface area contributed by atoms with Crippen LogP contribution < -0.4 is 5.32 Å². The number of hydrogen-bond donors (Lipinski definition) is 1. The molecule has 0 spiro atoms. The summed E-state index contributed by atoms with van der Waals surface area (Å²) in [5.41, 5.74) is 0. The molecule has 0 aromatic rings. The van der Waals surface area contributed by atoms with Crippen molar-refractivity contribution in [3.8, 4) is 0 Å². The van der Waals surface area contributed by atoms with Crippen LogP contribution in [0, 0.1) is 5.92 Å².